The number of hydrogen-bond donors (Lipinski definition) is 0. The molecule has 0 rings (SSSR count). The van der Waals surface area contributed by atoms with Crippen molar-refractivity contribution in [2.45, 2.75) is 27.2 Å². The number of carbonyl (C=O) groups is 2. The molecule has 0 saturated heterocycles. The summed E-state index contributed by atoms with van der Waals surface area (Å²) < 4.78 is 4.85. The Kier molecular flexibility index (Phi) is 7.18. The van der Waals surface area contributed by atoms with Gasteiger partial charge in [0.15, 0.2) is 5.78 Å². The Morgan fingerprint density at radius 3 is 2.50 bits per heavy atom. The number of ketones is 1. The van der Waals surface area contributed by atoms with E-state index in [1.54, 1.807) is 32.9 Å². The van der Waals surface area contributed by atoms with E-state index in [4.69, 9.17) is 4.74 Å². The van der Waals surface area contributed by atoms with Gasteiger partial charge in [0.05, 0.1) is 13.0 Å². The lowest BCUT2D eigenvalue weighted by molar-refractivity contribution is -0.144. The summed E-state index contributed by atoms with van der Waals surface area (Å²) in [6.07, 6.45) is 5.07. The second-order valence-electron chi connectivity index (χ2n) is 3.60. The van der Waals surface area contributed by atoms with Crippen LogP contribution in [0.2, 0.25) is 0 Å². The first-order chi connectivity index (χ1) is 7.56. The molecule has 0 fully saturated rings. The molecule has 16 heavy (non-hydrogen) atoms. The number of rotatable bonds is 7. The van der Waals surface area contributed by atoms with E-state index in [0.29, 0.717) is 6.61 Å². The van der Waals surface area contributed by atoms with Gasteiger partial charge in [-0.1, -0.05) is 19.1 Å². The van der Waals surface area contributed by atoms with Gasteiger partial charge in [-0.15, -0.1) is 6.58 Å². The molecule has 0 aliphatic carbocycles. The van der Waals surface area contributed by atoms with E-state index < -0.39 is 0 Å². The fourth-order valence-corrected chi connectivity index (χ4v) is 1.40. The van der Waals surface area contributed by atoms with Crippen molar-refractivity contribution in [2.75, 3.05) is 6.61 Å². The van der Waals surface area contributed by atoms with E-state index in [0.717, 1.165) is 0 Å². The van der Waals surface area contributed by atoms with E-state index in [9.17, 15) is 9.59 Å². The third kappa shape index (κ3) is 4.91. The fourth-order valence-electron chi connectivity index (χ4n) is 1.40. The molecule has 0 saturated carbocycles. The van der Waals surface area contributed by atoms with E-state index in [2.05, 4.69) is 6.58 Å². The van der Waals surface area contributed by atoms with Crippen LogP contribution in [0.5, 0.6) is 0 Å². The molecule has 0 radical (unpaired) electrons. The summed E-state index contributed by atoms with van der Waals surface area (Å²) in [6.45, 7) is 9.36. The minimum Gasteiger partial charge on any atom is -0.466 e. The minimum atomic E-state index is -0.285. The quantitative estimate of drug-likeness (QED) is 0.379. The van der Waals surface area contributed by atoms with Crippen molar-refractivity contribution < 1.29 is 14.3 Å². The van der Waals surface area contributed by atoms with Crippen molar-refractivity contribution in [2.24, 2.45) is 11.8 Å². The maximum absolute atomic E-state index is 11.6. The summed E-state index contributed by atoms with van der Waals surface area (Å²) in [5.41, 5.74) is 0. The first-order valence-corrected chi connectivity index (χ1v) is 5.51. The van der Waals surface area contributed by atoms with Crippen molar-refractivity contribution in [1.82, 2.24) is 0 Å². The lowest BCUT2D eigenvalue weighted by atomic mass is 9.87. The molecule has 0 aromatic heterocycles. The van der Waals surface area contributed by atoms with Gasteiger partial charge in [-0.2, -0.15) is 0 Å². The normalized spacial score (nSPS) is 14.4. The highest BCUT2D eigenvalue weighted by molar-refractivity contribution is 5.92. The molecule has 0 aromatic rings. The van der Waals surface area contributed by atoms with Crippen LogP contribution in [0.15, 0.2) is 24.8 Å². The summed E-state index contributed by atoms with van der Waals surface area (Å²) >= 11 is 0. The smallest absolute Gasteiger partial charge is 0.306 e. The zero-order valence-electron chi connectivity index (χ0n) is 10.2. The molecule has 3 nitrogen and oxygen atoms in total. The van der Waals surface area contributed by atoms with Crippen molar-refractivity contribution in [1.29, 1.82) is 0 Å². The third-order valence-corrected chi connectivity index (χ3v) is 2.43. The van der Waals surface area contributed by atoms with E-state index in [1.165, 1.54) is 6.08 Å². The van der Waals surface area contributed by atoms with Crippen LogP contribution < -0.4 is 0 Å². The van der Waals surface area contributed by atoms with Gasteiger partial charge in [-0.05, 0) is 25.8 Å². The number of hydrogen-bond acceptors (Lipinski definition) is 3. The lowest BCUT2D eigenvalue weighted by Gasteiger charge is -2.17. The molecule has 3 heteroatoms. The Hall–Kier alpha value is -1.38. The summed E-state index contributed by atoms with van der Waals surface area (Å²) in [6, 6.07) is 0. The average Bonchev–Trinajstić information content (AvgIpc) is 2.25. The summed E-state index contributed by atoms with van der Waals surface area (Å²) in [5.74, 6) is -0.676. The van der Waals surface area contributed by atoms with Crippen LogP contribution in [0.25, 0.3) is 0 Å². The Morgan fingerprint density at radius 2 is 2.06 bits per heavy atom. The first-order valence-electron chi connectivity index (χ1n) is 5.51. The highest BCUT2D eigenvalue weighted by Gasteiger charge is 2.22. The number of allylic oxidation sites excluding steroid dienone is 3. The van der Waals surface area contributed by atoms with Gasteiger partial charge < -0.3 is 4.74 Å². The van der Waals surface area contributed by atoms with E-state index >= 15 is 0 Å². The van der Waals surface area contributed by atoms with Crippen LogP contribution in [0, 0.1) is 11.8 Å². The average molecular weight is 224 g/mol. The largest absolute Gasteiger partial charge is 0.466 e. The van der Waals surface area contributed by atoms with Crippen LogP contribution in [0.4, 0.5) is 0 Å². The highest BCUT2D eigenvalue weighted by Crippen LogP contribution is 2.19. The number of ether oxygens (including phenoxy) is 1. The highest BCUT2D eigenvalue weighted by atomic mass is 16.5. The first kappa shape index (κ1) is 14.6. The predicted octanol–water partition coefficient (Wildman–Crippen LogP) is 2.52. The molecule has 2 atom stereocenters. The van der Waals surface area contributed by atoms with Crippen molar-refractivity contribution in [3.63, 3.8) is 0 Å². The van der Waals surface area contributed by atoms with Gasteiger partial charge in [0, 0.05) is 5.92 Å². The van der Waals surface area contributed by atoms with Crippen LogP contribution in [-0.2, 0) is 14.3 Å². The molecular weight excluding hydrogens is 204 g/mol. The topological polar surface area (TPSA) is 43.4 Å². The van der Waals surface area contributed by atoms with Crippen LogP contribution in [-0.4, -0.2) is 18.4 Å². The second kappa shape index (κ2) is 7.85. The Morgan fingerprint density at radius 1 is 1.44 bits per heavy atom. The molecular formula is C13H20O3. The van der Waals surface area contributed by atoms with Crippen molar-refractivity contribution >= 4 is 11.8 Å². The van der Waals surface area contributed by atoms with Crippen LogP contribution >= 0.6 is 0 Å². The molecule has 0 N–H and O–H groups in total. The standard InChI is InChI=1S/C13H20O3/c1-5-8-12(14)10(4)11(6-2)9-13(15)16-7-3/h5-6,8,10-11H,2,7,9H2,1,3-4H3. The number of carbonyl (C=O) groups excluding carboxylic acids is 2. The maximum Gasteiger partial charge on any atom is 0.306 e. The second-order valence-corrected chi connectivity index (χ2v) is 3.60. The molecule has 0 aliphatic heterocycles. The Labute approximate surface area is 97.2 Å². The molecule has 0 amide bonds. The van der Waals surface area contributed by atoms with Crippen LogP contribution in [0.1, 0.15) is 27.2 Å². The van der Waals surface area contributed by atoms with E-state index in [1.807, 2.05) is 0 Å². The molecule has 0 heterocycles. The summed E-state index contributed by atoms with van der Waals surface area (Å²) in [4.78, 5) is 22.9. The predicted molar refractivity (Wildman–Crippen MR) is 63.9 cm³/mol. The Bertz CT molecular complexity index is 279. The van der Waals surface area contributed by atoms with Gasteiger partial charge >= 0.3 is 5.97 Å². The van der Waals surface area contributed by atoms with Gasteiger partial charge in [0.2, 0.25) is 0 Å². The van der Waals surface area contributed by atoms with Gasteiger partial charge in [-0.3, -0.25) is 9.59 Å². The molecule has 0 spiro atoms. The Balaban J connectivity index is 4.43. The van der Waals surface area contributed by atoms with Crippen LogP contribution in [0.3, 0.4) is 0 Å². The van der Waals surface area contributed by atoms with Gasteiger partial charge in [0.1, 0.15) is 0 Å². The molecule has 0 bridgehead atoms. The van der Waals surface area contributed by atoms with Gasteiger partial charge in [0.25, 0.3) is 0 Å². The zero-order chi connectivity index (χ0) is 12.6. The third-order valence-electron chi connectivity index (χ3n) is 2.43. The molecule has 0 aliphatic rings. The minimum absolute atomic E-state index is 0.0108. The fraction of sp³-hybridized carbons (Fsp3) is 0.538. The van der Waals surface area contributed by atoms with Crippen molar-refractivity contribution in [3.8, 4) is 0 Å². The molecule has 2 unspecified atom stereocenters. The summed E-state index contributed by atoms with van der Waals surface area (Å²) in [5, 5.41) is 0. The maximum atomic E-state index is 11.6. The monoisotopic (exact) mass is 224 g/mol. The van der Waals surface area contributed by atoms with Crippen molar-refractivity contribution in [3.05, 3.63) is 24.8 Å². The van der Waals surface area contributed by atoms with E-state index in [-0.39, 0.29) is 30.0 Å². The zero-order valence-corrected chi connectivity index (χ0v) is 10.2. The number of esters is 1. The SMILES string of the molecule is C=CC(CC(=O)OCC)C(C)C(=O)C=CC. The summed E-state index contributed by atoms with van der Waals surface area (Å²) in [7, 11) is 0. The van der Waals surface area contributed by atoms with Gasteiger partial charge in [-0.25, -0.2) is 0 Å². The lowest BCUT2D eigenvalue weighted by Crippen LogP contribution is -2.21. The molecule has 90 valence electrons. The molecule has 0 aromatic carbocycles.